The van der Waals surface area contributed by atoms with E-state index < -0.39 is 0 Å². The maximum Gasteiger partial charge on any atom is 0.309 e. The van der Waals surface area contributed by atoms with E-state index in [-0.39, 0.29) is 35.7 Å². The van der Waals surface area contributed by atoms with Gasteiger partial charge in [0.25, 0.3) is 0 Å². The highest BCUT2D eigenvalue weighted by Gasteiger charge is 2.46. The molecule has 1 saturated heterocycles. The van der Waals surface area contributed by atoms with Gasteiger partial charge in [-0.3, -0.25) is 14.4 Å². The molecule has 1 aliphatic carbocycles. The summed E-state index contributed by atoms with van der Waals surface area (Å²) in [4.78, 5) is 40.6. The Labute approximate surface area is 160 Å². The Hall–Kier alpha value is -2.37. The zero-order chi connectivity index (χ0) is 19.4. The van der Waals surface area contributed by atoms with Crippen LogP contribution in [0.3, 0.4) is 0 Å². The molecule has 3 atom stereocenters. The van der Waals surface area contributed by atoms with Crippen molar-refractivity contribution >= 4 is 17.8 Å². The van der Waals surface area contributed by atoms with Gasteiger partial charge in [0.15, 0.2) is 0 Å². The first kappa shape index (κ1) is 19.4. The molecule has 0 aromatic heterocycles. The van der Waals surface area contributed by atoms with Crippen molar-refractivity contribution in [2.75, 3.05) is 19.7 Å². The molecule has 1 aromatic carbocycles. The summed E-state index contributed by atoms with van der Waals surface area (Å²) in [6.45, 7) is 5.36. The summed E-state index contributed by atoms with van der Waals surface area (Å²) in [5.74, 6) is -0.198. The van der Waals surface area contributed by atoms with Crippen LogP contribution in [0.2, 0.25) is 0 Å². The largest absolute Gasteiger partial charge is 0.466 e. The molecular weight excluding hydrogens is 344 g/mol. The smallest absolute Gasteiger partial charge is 0.309 e. The van der Waals surface area contributed by atoms with Gasteiger partial charge in [0.2, 0.25) is 11.8 Å². The van der Waals surface area contributed by atoms with E-state index in [1.54, 1.807) is 11.8 Å². The van der Waals surface area contributed by atoms with Gasteiger partial charge in [0, 0.05) is 26.6 Å². The summed E-state index contributed by atoms with van der Waals surface area (Å²) in [5.41, 5.74) is 1.05. The second-order valence-corrected chi connectivity index (χ2v) is 7.43. The molecule has 0 unspecified atom stereocenters. The molecule has 2 fully saturated rings. The lowest BCUT2D eigenvalue weighted by atomic mass is 10.1. The van der Waals surface area contributed by atoms with Crippen LogP contribution in [0.1, 0.15) is 38.7 Å². The minimum atomic E-state index is -0.383. The fourth-order valence-electron chi connectivity index (χ4n) is 3.92. The van der Waals surface area contributed by atoms with Crippen molar-refractivity contribution in [2.45, 2.75) is 45.7 Å². The van der Waals surface area contributed by atoms with E-state index in [4.69, 9.17) is 4.74 Å². The first-order valence-corrected chi connectivity index (χ1v) is 9.77. The molecule has 1 saturated carbocycles. The first-order valence-electron chi connectivity index (χ1n) is 9.77. The topological polar surface area (TPSA) is 66.9 Å². The predicted molar refractivity (Wildman–Crippen MR) is 100 cm³/mol. The van der Waals surface area contributed by atoms with Gasteiger partial charge >= 0.3 is 5.97 Å². The van der Waals surface area contributed by atoms with E-state index in [0.717, 1.165) is 18.4 Å². The molecule has 146 valence electrons. The van der Waals surface area contributed by atoms with Crippen molar-refractivity contribution in [3.05, 3.63) is 35.9 Å². The van der Waals surface area contributed by atoms with Crippen LogP contribution in [0.25, 0.3) is 0 Å². The third-order valence-electron chi connectivity index (χ3n) is 5.44. The van der Waals surface area contributed by atoms with Crippen molar-refractivity contribution in [1.29, 1.82) is 0 Å². The second-order valence-electron chi connectivity index (χ2n) is 7.43. The average molecular weight is 372 g/mol. The molecule has 0 spiro atoms. The monoisotopic (exact) mass is 372 g/mol. The van der Waals surface area contributed by atoms with Gasteiger partial charge in [-0.05, 0) is 37.7 Å². The van der Waals surface area contributed by atoms with Crippen LogP contribution >= 0.6 is 0 Å². The fraction of sp³-hybridized carbons (Fsp3) is 0.571. The molecular formula is C21H28N2O4. The maximum absolute atomic E-state index is 13.2. The van der Waals surface area contributed by atoms with Crippen molar-refractivity contribution in [3.63, 3.8) is 0 Å². The molecule has 6 heteroatoms. The third kappa shape index (κ3) is 4.67. The Bertz CT molecular complexity index is 691. The Morgan fingerprint density at radius 3 is 2.63 bits per heavy atom. The highest BCUT2D eigenvalue weighted by Crippen LogP contribution is 2.40. The van der Waals surface area contributed by atoms with Gasteiger partial charge < -0.3 is 14.5 Å². The molecule has 3 rings (SSSR count). The maximum atomic E-state index is 13.2. The average Bonchev–Trinajstić information content (AvgIpc) is 3.24. The SMILES string of the molecule is CCOC(=O)[C@H]1C[C@H]1CN(Cc1ccccc1)C(=O)[C@@H]1CCCN1C(C)=O. The number of carbonyl (C=O) groups is 3. The molecule has 1 aromatic rings. The Balaban J connectivity index is 1.71. The Morgan fingerprint density at radius 1 is 1.22 bits per heavy atom. The van der Waals surface area contributed by atoms with E-state index in [9.17, 15) is 14.4 Å². The molecule has 27 heavy (non-hydrogen) atoms. The third-order valence-corrected chi connectivity index (χ3v) is 5.44. The number of ether oxygens (including phenoxy) is 1. The van der Waals surface area contributed by atoms with E-state index in [2.05, 4.69) is 0 Å². The van der Waals surface area contributed by atoms with Gasteiger partial charge in [0.05, 0.1) is 12.5 Å². The highest BCUT2D eigenvalue weighted by molar-refractivity contribution is 5.87. The van der Waals surface area contributed by atoms with Crippen LogP contribution in [0, 0.1) is 11.8 Å². The van der Waals surface area contributed by atoms with Crippen LogP contribution in [0.5, 0.6) is 0 Å². The summed E-state index contributed by atoms with van der Waals surface area (Å²) in [5, 5.41) is 0. The van der Waals surface area contributed by atoms with Gasteiger partial charge in [-0.15, -0.1) is 0 Å². The van der Waals surface area contributed by atoms with Crippen LogP contribution < -0.4 is 0 Å². The summed E-state index contributed by atoms with van der Waals surface area (Å²) >= 11 is 0. The quantitative estimate of drug-likeness (QED) is 0.689. The molecule has 1 aliphatic heterocycles. The normalized spacial score (nSPS) is 23.8. The summed E-state index contributed by atoms with van der Waals surface area (Å²) in [6.07, 6.45) is 2.32. The number of benzene rings is 1. The highest BCUT2D eigenvalue weighted by atomic mass is 16.5. The van der Waals surface area contributed by atoms with Crippen molar-refractivity contribution in [2.24, 2.45) is 11.8 Å². The Kier molecular flexibility index (Phi) is 6.14. The Morgan fingerprint density at radius 2 is 1.96 bits per heavy atom. The number of nitrogens with zero attached hydrogens (tertiary/aromatic N) is 2. The van der Waals surface area contributed by atoms with Crippen LogP contribution in [0.15, 0.2) is 30.3 Å². The van der Waals surface area contributed by atoms with E-state index in [0.29, 0.717) is 32.7 Å². The number of likely N-dealkylation sites (tertiary alicyclic amines) is 1. The number of hydrogen-bond acceptors (Lipinski definition) is 4. The zero-order valence-electron chi connectivity index (χ0n) is 16.1. The number of hydrogen-bond donors (Lipinski definition) is 0. The first-order chi connectivity index (χ1) is 13.0. The van der Waals surface area contributed by atoms with Crippen molar-refractivity contribution in [1.82, 2.24) is 9.80 Å². The molecule has 0 N–H and O–H groups in total. The second kappa shape index (κ2) is 8.55. The van der Waals surface area contributed by atoms with Gasteiger partial charge in [-0.1, -0.05) is 30.3 Å². The molecule has 2 amide bonds. The molecule has 6 nitrogen and oxygen atoms in total. The predicted octanol–water partition coefficient (Wildman–Crippen LogP) is 2.23. The van der Waals surface area contributed by atoms with Gasteiger partial charge in [-0.25, -0.2) is 0 Å². The summed E-state index contributed by atoms with van der Waals surface area (Å²) in [6, 6.07) is 9.45. The number of carbonyl (C=O) groups excluding carboxylic acids is 3. The van der Waals surface area contributed by atoms with Crippen molar-refractivity contribution in [3.8, 4) is 0 Å². The van der Waals surface area contributed by atoms with Crippen LogP contribution in [-0.2, 0) is 25.7 Å². The van der Waals surface area contributed by atoms with Crippen LogP contribution in [0.4, 0.5) is 0 Å². The van der Waals surface area contributed by atoms with Crippen molar-refractivity contribution < 1.29 is 19.1 Å². The number of esters is 1. The minimum Gasteiger partial charge on any atom is -0.466 e. The zero-order valence-corrected chi connectivity index (χ0v) is 16.1. The van der Waals surface area contributed by atoms with E-state index >= 15 is 0 Å². The lowest BCUT2D eigenvalue weighted by Crippen LogP contribution is -2.47. The fourth-order valence-corrected chi connectivity index (χ4v) is 3.92. The molecule has 2 aliphatic rings. The van der Waals surface area contributed by atoms with Gasteiger partial charge in [0.1, 0.15) is 6.04 Å². The number of amides is 2. The van der Waals surface area contributed by atoms with Crippen LogP contribution in [-0.4, -0.2) is 53.3 Å². The lowest BCUT2D eigenvalue weighted by molar-refractivity contribution is -0.146. The standard InChI is InChI=1S/C21H28N2O4/c1-3-27-21(26)18-12-17(18)14-22(13-16-8-5-4-6-9-16)20(25)19-10-7-11-23(19)15(2)24/h4-6,8-9,17-19H,3,7,10-14H2,1-2H3/t17-,18-,19-/m0/s1. The summed E-state index contributed by atoms with van der Waals surface area (Å²) < 4.78 is 5.11. The lowest BCUT2D eigenvalue weighted by Gasteiger charge is -2.30. The van der Waals surface area contributed by atoms with Gasteiger partial charge in [-0.2, -0.15) is 0 Å². The van der Waals surface area contributed by atoms with E-state index in [1.807, 2.05) is 35.2 Å². The molecule has 0 radical (unpaired) electrons. The molecule has 0 bridgehead atoms. The number of rotatable bonds is 7. The molecule has 1 heterocycles. The summed E-state index contributed by atoms with van der Waals surface area (Å²) in [7, 11) is 0. The van der Waals surface area contributed by atoms with E-state index in [1.165, 1.54) is 6.92 Å². The minimum absolute atomic E-state index is 0.0129.